The van der Waals surface area contributed by atoms with Gasteiger partial charge in [0.05, 0.1) is 39.2 Å². The first kappa shape index (κ1) is 20.6. The summed E-state index contributed by atoms with van der Waals surface area (Å²) in [6.07, 6.45) is -0.0160. The number of fused-ring (bicyclic) bond motifs is 12. The lowest BCUT2D eigenvalue weighted by molar-refractivity contribution is 0.779. The number of nitrogens with one attached hydrogen (secondary N) is 1. The number of nitrogens with zero attached hydrogens (tertiary/aromatic N) is 3. The van der Waals surface area contributed by atoms with E-state index in [-0.39, 0.29) is 6.17 Å². The molecule has 2 aliphatic rings. The lowest BCUT2D eigenvalue weighted by Crippen LogP contribution is -2.24. The molecule has 0 amide bonds. The van der Waals surface area contributed by atoms with Gasteiger partial charge in [0.1, 0.15) is 6.17 Å². The summed E-state index contributed by atoms with van der Waals surface area (Å²) in [5.74, 6) is 0. The Labute approximate surface area is 229 Å². The summed E-state index contributed by atoms with van der Waals surface area (Å²) < 4.78 is 4.87. The quantitative estimate of drug-likeness (QED) is 0.235. The molecule has 1 N–H and O–H groups in total. The van der Waals surface area contributed by atoms with Gasteiger partial charge < -0.3 is 14.5 Å². The fourth-order valence-corrected chi connectivity index (χ4v) is 7.22. The summed E-state index contributed by atoms with van der Waals surface area (Å²) in [5.41, 5.74) is 10.5. The van der Waals surface area contributed by atoms with Crippen molar-refractivity contribution in [3.05, 3.63) is 127 Å². The Morgan fingerprint density at radius 3 is 2.38 bits per heavy atom. The molecule has 0 fully saturated rings. The van der Waals surface area contributed by atoms with Crippen molar-refractivity contribution in [1.29, 1.82) is 0 Å². The second kappa shape index (κ2) is 7.19. The summed E-state index contributed by atoms with van der Waals surface area (Å²) >= 11 is 0. The van der Waals surface area contributed by atoms with Crippen LogP contribution in [-0.4, -0.2) is 14.8 Å². The van der Waals surface area contributed by atoms with E-state index < -0.39 is 0 Å². The van der Waals surface area contributed by atoms with Gasteiger partial charge >= 0.3 is 0 Å². The van der Waals surface area contributed by atoms with Gasteiger partial charge in [-0.15, -0.1) is 0 Å². The standard InChI is InChI=1S/C36H22N4/c1-2-9-23-21(8-1)16-18-32-33(23)25-10-3-6-15-30(25)39(32)22-17-19-31-27(20-22)24-11-7-12-26-34-36(40(31)35(24)26)38-29-14-5-4-13-28(29)37-34/h1-20,36,38H. The molecular formula is C36H22N4. The third-order valence-corrected chi connectivity index (χ3v) is 8.86. The van der Waals surface area contributed by atoms with Gasteiger partial charge in [-0.25, -0.2) is 4.99 Å². The summed E-state index contributed by atoms with van der Waals surface area (Å²) in [6.45, 7) is 0. The molecule has 40 heavy (non-hydrogen) atoms. The van der Waals surface area contributed by atoms with Gasteiger partial charge in [-0.05, 0) is 53.2 Å². The highest BCUT2D eigenvalue weighted by atomic mass is 15.2. The average molecular weight is 511 g/mol. The van der Waals surface area contributed by atoms with Crippen LogP contribution in [0.3, 0.4) is 0 Å². The Morgan fingerprint density at radius 2 is 1.40 bits per heavy atom. The smallest absolute Gasteiger partial charge is 0.148 e. The summed E-state index contributed by atoms with van der Waals surface area (Å²) in [4.78, 5) is 5.11. The van der Waals surface area contributed by atoms with Crippen molar-refractivity contribution in [2.45, 2.75) is 6.17 Å². The second-order valence-corrected chi connectivity index (χ2v) is 10.9. The van der Waals surface area contributed by atoms with E-state index in [4.69, 9.17) is 4.99 Å². The van der Waals surface area contributed by atoms with Crippen LogP contribution in [0.4, 0.5) is 11.4 Å². The van der Waals surface area contributed by atoms with Crippen LogP contribution in [0.25, 0.3) is 60.1 Å². The summed E-state index contributed by atoms with van der Waals surface area (Å²) in [5, 5.41) is 11.5. The molecule has 4 heterocycles. The molecule has 8 aromatic rings. The Hall–Kier alpha value is -5.35. The molecule has 4 heteroatoms. The largest absolute Gasteiger partial charge is 0.358 e. The molecule has 0 radical (unpaired) electrons. The van der Waals surface area contributed by atoms with Crippen LogP contribution in [0.5, 0.6) is 0 Å². The van der Waals surface area contributed by atoms with E-state index in [1.165, 1.54) is 65.6 Å². The minimum Gasteiger partial charge on any atom is -0.358 e. The van der Waals surface area contributed by atoms with E-state index in [1.807, 2.05) is 0 Å². The molecule has 1 unspecified atom stereocenters. The van der Waals surface area contributed by atoms with Crippen molar-refractivity contribution in [3.8, 4) is 5.69 Å². The van der Waals surface area contributed by atoms with Crippen molar-refractivity contribution in [2.75, 3.05) is 5.32 Å². The molecule has 0 saturated carbocycles. The molecule has 4 nitrogen and oxygen atoms in total. The normalized spacial score (nSPS) is 15.6. The van der Waals surface area contributed by atoms with E-state index in [9.17, 15) is 0 Å². The van der Waals surface area contributed by atoms with Crippen LogP contribution in [0, 0.1) is 0 Å². The van der Waals surface area contributed by atoms with Crippen LogP contribution in [-0.2, 0) is 0 Å². The Kier molecular flexibility index (Phi) is 3.70. The molecular weight excluding hydrogens is 488 g/mol. The predicted octanol–water partition coefficient (Wildman–Crippen LogP) is 9.10. The fourth-order valence-electron chi connectivity index (χ4n) is 7.22. The zero-order valence-corrected chi connectivity index (χ0v) is 21.5. The molecule has 1 atom stereocenters. The highest BCUT2D eigenvalue weighted by Crippen LogP contribution is 2.46. The molecule has 0 saturated heterocycles. The fraction of sp³-hybridized carbons (Fsp3) is 0.0278. The number of anilines is 1. The maximum Gasteiger partial charge on any atom is 0.148 e. The molecule has 186 valence electrons. The minimum absolute atomic E-state index is 0.0160. The monoisotopic (exact) mass is 510 g/mol. The van der Waals surface area contributed by atoms with Gasteiger partial charge in [0.25, 0.3) is 0 Å². The molecule has 0 bridgehead atoms. The maximum atomic E-state index is 5.11. The number of para-hydroxylation sites is 4. The van der Waals surface area contributed by atoms with Crippen LogP contribution in [0.15, 0.2) is 126 Å². The highest BCUT2D eigenvalue weighted by Gasteiger charge is 2.35. The van der Waals surface area contributed by atoms with Crippen LogP contribution >= 0.6 is 0 Å². The number of aliphatic imine (C=N–C) groups is 1. The third-order valence-electron chi connectivity index (χ3n) is 8.86. The molecule has 2 aliphatic heterocycles. The van der Waals surface area contributed by atoms with Crippen molar-refractivity contribution < 1.29 is 0 Å². The van der Waals surface area contributed by atoms with Crippen LogP contribution in [0.2, 0.25) is 0 Å². The molecule has 6 aromatic carbocycles. The van der Waals surface area contributed by atoms with E-state index in [0.717, 1.165) is 17.1 Å². The second-order valence-electron chi connectivity index (χ2n) is 10.9. The first-order chi connectivity index (χ1) is 19.8. The summed E-state index contributed by atoms with van der Waals surface area (Å²) in [6, 6.07) is 43.9. The lowest BCUT2D eigenvalue weighted by Gasteiger charge is -2.25. The molecule has 0 aliphatic carbocycles. The van der Waals surface area contributed by atoms with Gasteiger partial charge in [0.2, 0.25) is 0 Å². The number of rotatable bonds is 1. The summed E-state index contributed by atoms with van der Waals surface area (Å²) in [7, 11) is 0. The Bertz CT molecular complexity index is 2420. The minimum atomic E-state index is -0.0160. The number of benzene rings is 6. The van der Waals surface area contributed by atoms with Crippen LogP contribution < -0.4 is 5.32 Å². The van der Waals surface area contributed by atoms with Crippen LogP contribution in [0.1, 0.15) is 11.7 Å². The number of aromatic nitrogens is 2. The van der Waals surface area contributed by atoms with Gasteiger partial charge in [0, 0.05) is 32.8 Å². The zero-order valence-electron chi connectivity index (χ0n) is 21.5. The highest BCUT2D eigenvalue weighted by molar-refractivity contribution is 6.25. The topological polar surface area (TPSA) is 34.2 Å². The van der Waals surface area contributed by atoms with Gasteiger partial charge in [0.15, 0.2) is 0 Å². The van der Waals surface area contributed by atoms with E-state index in [2.05, 4.69) is 136 Å². The third kappa shape index (κ3) is 2.45. The van der Waals surface area contributed by atoms with Crippen molar-refractivity contribution in [2.24, 2.45) is 4.99 Å². The Balaban J connectivity index is 1.27. The zero-order chi connectivity index (χ0) is 25.9. The molecule has 10 rings (SSSR count). The number of hydrogen-bond acceptors (Lipinski definition) is 2. The van der Waals surface area contributed by atoms with Crippen molar-refractivity contribution >= 4 is 71.5 Å². The SMILES string of the molecule is c1ccc2c(c1)N=C1c3cccc4c5cc(-n6c7ccccc7c7c8ccccc8ccc76)ccc5n(c34)C1N2. The van der Waals surface area contributed by atoms with Gasteiger partial charge in [-0.3, -0.25) is 0 Å². The predicted molar refractivity (Wildman–Crippen MR) is 167 cm³/mol. The number of hydrogen-bond donors (Lipinski definition) is 1. The van der Waals surface area contributed by atoms with Crippen molar-refractivity contribution in [3.63, 3.8) is 0 Å². The first-order valence-electron chi connectivity index (χ1n) is 13.8. The van der Waals surface area contributed by atoms with E-state index >= 15 is 0 Å². The average Bonchev–Trinajstić information content (AvgIpc) is 3.64. The lowest BCUT2D eigenvalue weighted by atomic mass is 10.0. The van der Waals surface area contributed by atoms with Gasteiger partial charge in [-0.1, -0.05) is 78.9 Å². The first-order valence-corrected chi connectivity index (χ1v) is 13.8. The molecule has 0 spiro atoms. The van der Waals surface area contributed by atoms with E-state index in [0.29, 0.717) is 0 Å². The van der Waals surface area contributed by atoms with Crippen molar-refractivity contribution in [1.82, 2.24) is 9.13 Å². The van der Waals surface area contributed by atoms with Gasteiger partial charge in [-0.2, -0.15) is 0 Å². The molecule has 2 aromatic heterocycles. The Morgan fingerprint density at radius 1 is 0.600 bits per heavy atom. The van der Waals surface area contributed by atoms with E-state index in [1.54, 1.807) is 0 Å². The maximum absolute atomic E-state index is 5.11.